The number of hydrogen-bond acceptors (Lipinski definition) is 2. The summed E-state index contributed by atoms with van der Waals surface area (Å²) >= 11 is 0. The summed E-state index contributed by atoms with van der Waals surface area (Å²) in [5.74, 6) is 0.0393. The van der Waals surface area contributed by atoms with Crippen LogP contribution in [0.3, 0.4) is 0 Å². The molecule has 2 unspecified atom stereocenters. The first-order valence-electron chi connectivity index (χ1n) is 7.44. The van der Waals surface area contributed by atoms with Crippen LogP contribution in [0.1, 0.15) is 37.7 Å². The highest BCUT2D eigenvalue weighted by Crippen LogP contribution is 2.33. The van der Waals surface area contributed by atoms with Gasteiger partial charge in [-0.25, -0.2) is 4.39 Å². The number of rotatable bonds is 4. The normalized spacial score (nSPS) is 24.5. The average molecular weight is 313 g/mol. The maximum Gasteiger partial charge on any atom is 0.226 e. The number of carbonyl (C=O) groups excluding carboxylic acids is 1. The highest BCUT2D eigenvalue weighted by atomic mass is 35.5. The Bertz CT molecular complexity index is 507. The Labute approximate surface area is 131 Å². The zero-order valence-corrected chi connectivity index (χ0v) is 12.8. The van der Waals surface area contributed by atoms with E-state index >= 15 is 0 Å². The second-order valence-electron chi connectivity index (χ2n) is 6.10. The van der Waals surface area contributed by atoms with Gasteiger partial charge in [-0.15, -0.1) is 12.4 Å². The molecular formula is C16H22ClFN2O. The summed E-state index contributed by atoms with van der Waals surface area (Å²) in [5, 5.41) is 0. The maximum atomic E-state index is 13.3. The van der Waals surface area contributed by atoms with Crippen LogP contribution < -0.4 is 5.73 Å². The summed E-state index contributed by atoms with van der Waals surface area (Å²) in [7, 11) is 0. The zero-order chi connectivity index (χ0) is 14.1. The van der Waals surface area contributed by atoms with E-state index in [0.29, 0.717) is 12.6 Å². The molecule has 1 aromatic rings. The van der Waals surface area contributed by atoms with Gasteiger partial charge in [-0.1, -0.05) is 12.1 Å². The van der Waals surface area contributed by atoms with E-state index in [4.69, 9.17) is 5.73 Å². The molecule has 0 radical (unpaired) electrons. The second-order valence-corrected chi connectivity index (χ2v) is 6.10. The average Bonchev–Trinajstić information content (AvgIpc) is 3.17. The molecule has 0 heterocycles. The summed E-state index contributed by atoms with van der Waals surface area (Å²) in [6, 6.07) is 7.05. The fourth-order valence-corrected chi connectivity index (χ4v) is 3.08. The third-order valence-corrected chi connectivity index (χ3v) is 4.34. The topological polar surface area (TPSA) is 46.3 Å². The van der Waals surface area contributed by atoms with Crippen LogP contribution in [0, 0.1) is 11.7 Å². The summed E-state index contributed by atoms with van der Waals surface area (Å²) in [6.45, 7) is 0.521. The lowest BCUT2D eigenvalue weighted by Gasteiger charge is -2.26. The summed E-state index contributed by atoms with van der Waals surface area (Å²) in [5.41, 5.74) is 6.78. The fourth-order valence-electron chi connectivity index (χ4n) is 3.08. The van der Waals surface area contributed by atoms with E-state index in [1.165, 1.54) is 12.1 Å². The van der Waals surface area contributed by atoms with Gasteiger partial charge in [-0.2, -0.15) is 0 Å². The number of nitrogens with zero attached hydrogens (tertiary/aromatic N) is 1. The zero-order valence-electron chi connectivity index (χ0n) is 12.0. The van der Waals surface area contributed by atoms with Crippen molar-refractivity contribution in [3.63, 3.8) is 0 Å². The Balaban J connectivity index is 0.00000161. The first-order valence-corrected chi connectivity index (χ1v) is 7.44. The highest BCUT2D eigenvalue weighted by Gasteiger charge is 2.38. The molecule has 0 saturated heterocycles. The molecule has 2 aliphatic carbocycles. The van der Waals surface area contributed by atoms with E-state index in [0.717, 1.165) is 37.7 Å². The van der Waals surface area contributed by atoms with Crippen molar-refractivity contribution >= 4 is 18.3 Å². The fraction of sp³-hybridized carbons (Fsp3) is 0.562. The van der Waals surface area contributed by atoms with E-state index in [1.807, 2.05) is 11.0 Å². The van der Waals surface area contributed by atoms with Crippen molar-refractivity contribution in [3.05, 3.63) is 35.6 Å². The minimum absolute atomic E-state index is 0. The predicted molar refractivity (Wildman–Crippen MR) is 82.5 cm³/mol. The lowest BCUT2D eigenvalue weighted by Crippen LogP contribution is -2.37. The molecule has 2 saturated carbocycles. The van der Waals surface area contributed by atoms with E-state index in [1.54, 1.807) is 6.07 Å². The van der Waals surface area contributed by atoms with Crippen LogP contribution in [-0.4, -0.2) is 22.9 Å². The largest absolute Gasteiger partial charge is 0.335 e. The molecule has 3 rings (SSSR count). The van der Waals surface area contributed by atoms with Gasteiger partial charge in [0.15, 0.2) is 0 Å². The van der Waals surface area contributed by atoms with Crippen LogP contribution in [0.4, 0.5) is 4.39 Å². The molecule has 5 heteroatoms. The SMILES string of the molecule is Cl.NC1CCC(C(=O)N(Cc2cccc(F)c2)C2CC2)C1. The van der Waals surface area contributed by atoms with Crippen LogP contribution in [0.2, 0.25) is 0 Å². The van der Waals surface area contributed by atoms with Gasteiger partial charge in [0.2, 0.25) is 5.91 Å². The quantitative estimate of drug-likeness (QED) is 0.929. The molecule has 3 nitrogen and oxygen atoms in total. The van der Waals surface area contributed by atoms with Crippen molar-refractivity contribution in [3.8, 4) is 0 Å². The minimum atomic E-state index is -0.242. The van der Waals surface area contributed by atoms with Gasteiger partial charge < -0.3 is 10.6 Å². The van der Waals surface area contributed by atoms with E-state index < -0.39 is 0 Å². The molecule has 2 N–H and O–H groups in total. The molecule has 21 heavy (non-hydrogen) atoms. The highest BCUT2D eigenvalue weighted by molar-refractivity contribution is 5.85. The molecule has 1 amide bonds. The van der Waals surface area contributed by atoms with Crippen LogP contribution in [0.15, 0.2) is 24.3 Å². The molecular weight excluding hydrogens is 291 g/mol. The molecule has 2 atom stereocenters. The van der Waals surface area contributed by atoms with Crippen LogP contribution in [0.5, 0.6) is 0 Å². The molecule has 0 spiro atoms. The third kappa shape index (κ3) is 3.95. The van der Waals surface area contributed by atoms with Gasteiger partial charge >= 0.3 is 0 Å². The molecule has 1 aromatic carbocycles. The van der Waals surface area contributed by atoms with E-state index in [9.17, 15) is 9.18 Å². The molecule has 0 aliphatic heterocycles. The number of nitrogens with two attached hydrogens (primary N) is 1. The van der Waals surface area contributed by atoms with E-state index in [2.05, 4.69) is 0 Å². The predicted octanol–water partition coefficient (Wildman–Crippen LogP) is 2.87. The Kier molecular flexibility index (Phi) is 5.22. The van der Waals surface area contributed by atoms with Crippen molar-refractivity contribution in [2.45, 2.75) is 50.7 Å². The Morgan fingerprint density at radius 1 is 1.29 bits per heavy atom. The monoisotopic (exact) mass is 312 g/mol. The molecule has 2 fully saturated rings. The number of hydrogen-bond donors (Lipinski definition) is 1. The van der Waals surface area contributed by atoms with Crippen LogP contribution in [-0.2, 0) is 11.3 Å². The number of carbonyl (C=O) groups is 1. The Morgan fingerprint density at radius 2 is 2.05 bits per heavy atom. The lowest BCUT2D eigenvalue weighted by molar-refractivity contribution is -0.136. The first-order chi connectivity index (χ1) is 9.63. The maximum absolute atomic E-state index is 13.3. The second kappa shape index (κ2) is 6.75. The van der Waals surface area contributed by atoms with Gasteiger partial charge in [0.1, 0.15) is 5.82 Å². The summed E-state index contributed by atoms with van der Waals surface area (Å²) in [4.78, 5) is 14.6. The van der Waals surface area contributed by atoms with Crippen molar-refractivity contribution in [2.75, 3.05) is 0 Å². The standard InChI is InChI=1S/C16H21FN2O.ClH/c17-13-3-1-2-11(8-13)10-19(15-6-7-15)16(20)12-4-5-14(18)9-12;/h1-3,8,12,14-15H,4-7,9-10,18H2;1H. The number of benzene rings is 1. The van der Waals surface area contributed by atoms with Gasteiger partial charge in [0.05, 0.1) is 0 Å². The van der Waals surface area contributed by atoms with Crippen molar-refractivity contribution in [1.82, 2.24) is 4.90 Å². The number of halogens is 2. The van der Waals surface area contributed by atoms with Crippen LogP contribution >= 0.6 is 12.4 Å². The van der Waals surface area contributed by atoms with Gasteiger partial charge in [0.25, 0.3) is 0 Å². The van der Waals surface area contributed by atoms with Crippen molar-refractivity contribution in [1.29, 1.82) is 0 Å². The summed E-state index contributed by atoms with van der Waals surface area (Å²) < 4.78 is 13.3. The molecule has 2 aliphatic rings. The van der Waals surface area contributed by atoms with Gasteiger partial charge in [0, 0.05) is 24.5 Å². The number of amides is 1. The molecule has 0 aromatic heterocycles. The lowest BCUT2D eigenvalue weighted by atomic mass is 10.1. The Hall–Kier alpha value is -1.13. The minimum Gasteiger partial charge on any atom is -0.335 e. The Morgan fingerprint density at radius 3 is 2.62 bits per heavy atom. The third-order valence-electron chi connectivity index (χ3n) is 4.34. The molecule has 0 bridgehead atoms. The first kappa shape index (κ1) is 16.2. The van der Waals surface area contributed by atoms with E-state index in [-0.39, 0.29) is 36.1 Å². The van der Waals surface area contributed by atoms with Crippen molar-refractivity contribution in [2.24, 2.45) is 11.7 Å². The smallest absolute Gasteiger partial charge is 0.226 e. The van der Waals surface area contributed by atoms with Crippen LogP contribution in [0.25, 0.3) is 0 Å². The van der Waals surface area contributed by atoms with Crippen molar-refractivity contribution < 1.29 is 9.18 Å². The van der Waals surface area contributed by atoms with Gasteiger partial charge in [-0.3, -0.25) is 4.79 Å². The molecule has 116 valence electrons. The van der Waals surface area contributed by atoms with Gasteiger partial charge in [-0.05, 0) is 49.8 Å². The summed E-state index contributed by atoms with van der Waals surface area (Å²) in [6.07, 6.45) is 4.77.